The summed E-state index contributed by atoms with van der Waals surface area (Å²) in [7, 11) is 0. The Hall–Kier alpha value is -1.58. The van der Waals surface area contributed by atoms with Gasteiger partial charge in [0.2, 0.25) is 0 Å². The van der Waals surface area contributed by atoms with Crippen molar-refractivity contribution in [3.05, 3.63) is 24.0 Å². The molecule has 110 valence electrons. The van der Waals surface area contributed by atoms with Crippen LogP contribution in [0.15, 0.2) is 18.3 Å². The van der Waals surface area contributed by atoms with Gasteiger partial charge in [0.05, 0.1) is 5.69 Å². The first-order valence-electron chi connectivity index (χ1n) is 7.33. The molecule has 0 saturated carbocycles. The first-order valence-corrected chi connectivity index (χ1v) is 7.33. The Labute approximate surface area is 120 Å². The van der Waals surface area contributed by atoms with Crippen molar-refractivity contribution in [2.75, 3.05) is 18.0 Å². The van der Waals surface area contributed by atoms with Crippen LogP contribution in [-0.4, -0.2) is 29.1 Å². The Morgan fingerprint density at radius 2 is 2.10 bits per heavy atom. The van der Waals surface area contributed by atoms with Crippen LogP contribution in [0.2, 0.25) is 0 Å². The van der Waals surface area contributed by atoms with Crippen molar-refractivity contribution in [3.8, 4) is 0 Å². The summed E-state index contributed by atoms with van der Waals surface area (Å²) >= 11 is 0. The summed E-state index contributed by atoms with van der Waals surface area (Å²) in [4.78, 5) is 17.5. The van der Waals surface area contributed by atoms with Crippen LogP contribution in [0.5, 0.6) is 0 Å². The summed E-state index contributed by atoms with van der Waals surface area (Å²) in [6.07, 6.45) is 4.97. The summed E-state index contributed by atoms with van der Waals surface area (Å²) in [6, 6.07) is 3.68. The molecule has 0 radical (unpaired) electrons. The third-order valence-corrected chi connectivity index (χ3v) is 4.28. The molecular weight excluding hydrogens is 252 g/mol. The third kappa shape index (κ3) is 3.30. The van der Waals surface area contributed by atoms with E-state index in [0.29, 0.717) is 11.3 Å². The van der Waals surface area contributed by atoms with Crippen LogP contribution in [0.3, 0.4) is 0 Å². The van der Waals surface area contributed by atoms with Gasteiger partial charge < -0.3 is 10.0 Å². The Bertz CT molecular complexity index is 480. The number of carboxylic acids is 1. The molecule has 0 bridgehead atoms. The first-order chi connectivity index (χ1) is 9.39. The molecular formula is C16H24N2O2. The molecule has 1 saturated heterocycles. The molecule has 4 heteroatoms. The van der Waals surface area contributed by atoms with E-state index < -0.39 is 5.97 Å². The largest absolute Gasteiger partial charge is 0.476 e. The van der Waals surface area contributed by atoms with Crippen LogP contribution in [0.1, 0.15) is 50.5 Å². The molecule has 1 aromatic rings. The Kier molecular flexibility index (Phi) is 4.31. The number of hydrogen-bond donors (Lipinski definition) is 1. The fourth-order valence-electron chi connectivity index (χ4n) is 3.02. The van der Waals surface area contributed by atoms with Crippen molar-refractivity contribution < 1.29 is 9.90 Å². The normalized spacial score (nSPS) is 20.6. The molecule has 0 amide bonds. The molecule has 2 rings (SSSR count). The van der Waals surface area contributed by atoms with Crippen molar-refractivity contribution >= 4 is 11.7 Å². The molecule has 1 fully saturated rings. The predicted molar refractivity (Wildman–Crippen MR) is 80.2 cm³/mol. The molecule has 1 atom stereocenters. The molecule has 1 N–H and O–H groups in total. The van der Waals surface area contributed by atoms with Crippen LogP contribution < -0.4 is 4.90 Å². The molecule has 20 heavy (non-hydrogen) atoms. The third-order valence-electron chi connectivity index (χ3n) is 4.28. The van der Waals surface area contributed by atoms with E-state index in [1.807, 2.05) is 12.1 Å². The maximum Gasteiger partial charge on any atom is 0.356 e. The molecule has 1 aromatic heterocycles. The molecule has 2 heterocycles. The van der Waals surface area contributed by atoms with Crippen molar-refractivity contribution in [3.63, 3.8) is 0 Å². The number of aromatic nitrogens is 1. The average Bonchev–Trinajstić information content (AvgIpc) is 2.63. The van der Waals surface area contributed by atoms with Gasteiger partial charge >= 0.3 is 5.97 Å². The van der Waals surface area contributed by atoms with E-state index in [9.17, 15) is 9.90 Å². The summed E-state index contributed by atoms with van der Waals surface area (Å²) in [5, 5.41) is 9.26. The van der Waals surface area contributed by atoms with E-state index in [0.717, 1.165) is 31.6 Å². The van der Waals surface area contributed by atoms with Gasteiger partial charge in [0.1, 0.15) is 0 Å². The Morgan fingerprint density at radius 1 is 1.35 bits per heavy atom. The average molecular weight is 276 g/mol. The van der Waals surface area contributed by atoms with Crippen LogP contribution in [0.25, 0.3) is 0 Å². The topological polar surface area (TPSA) is 53.4 Å². The fourth-order valence-corrected chi connectivity index (χ4v) is 3.02. The minimum atomic E-state index is -0.947. The van der Waals surface area contributed by atoms with E-state index in [4.69, 9.17) is 0 Å². The highest BCUT2D eigenvalue weighted by molar-refractivity contribution is 5.92. The van der Waals surface area contributed by atoms with E-state index in [2.05, 4.69) is 30.7 Å². The van der Waals surface area contributed by atoms with Gasteiger partial charge in [-0.05, 0) is 42.7 Å². The lowest BCUT2D eigenvalue weighted by Gasteiger charge is -2.30. The maximum atomic E-state index is 11.3. The summed E-state index contributed by atoms with van der Waals surface area (Å²) < 4.78 is 0. The lowest BCUT2D eigenvalue weighted by atomic mass is 9.77. The van der Waals surface area contributed by atoms with Crippen LogP contribution in [-0.2, 0) is 0 Å². The molecule has 1 aliphatic rings. The van der Waals surface area contributed by atoms with Crippen LogP contribution >= 0.6 is 0 Å². The van der Waals surface area contributed by atoms with E-state index in [1.54, 1.807) is 6.20 Å². The molecule has 0 spiro atoms. The SMILES string of the molecule is CC(C)(C)C1CCCN(c2cccnc2C(=O)O)CC1. The minimum absolute atomic E-state index is 0.168. The number of pyridine rings is 1. The minimum Gasteiger partial charge on any atom is -0.476 e. The van der Waals surface area contributed by atoms with E-state index >= 15 is 0 Å². The number of anilines is 1. The Morgan fingerprint density at radius 3 is 2.75 bits per heavy atom. The van der Waals surface area contributed by atoms with Crippen molar-refractivity contribution in [2.24, 2.45) is 11.3 Å². The zero-order valence-electron chi connectivity index (χ0n) is 12.6. The van der Waals surface area contributed by atoms with Crippen molar-refractivity contribution in [1.29, 1.82) is 0 Å². The van der Waals surface area contributed by atoms with Crippen molar-refractivity contribution in [1.82, 2.24) is 4.98 Å². The highest BCUT2D eigenvalue weighted by Gasteiger charge is 2.28. The smallest absolute Gasteiger partial charge is 0.356 e. The van der Waals surface area contributed by atoms with Gasteiger partial charge in [-0.25, -0.2) is 9.78 Å². The zero-order chi connectivity index (χ0) is 14.8. The molecule has 4 nitrogen and oxygen atoms in total. The number of rotatable bonds is 2. The number of hydrogen-bond acceptors (Lipinski definition) is 3. The van der Waals surface area contributed by atoms with Crippen molar-refractivity contribution in [2.45, 2.75) is 40.0 Å². The zero-order valence-corrected chi connectivity index (χ0v) is 12.6. The van der Waals surface area contributed by atoms with Crippen LogP contribution in [0.4, 0.5) is 5.69 Å². The van der Waals surface area contributed by atoms with E-state index in [-0.39, 0.29) is 5.69 Å². The lowest BCUT2D eigenvalue weighted by molar-refractivity contribution is 0.0691. The second kappa shape index (κ2) is 5.81. The van der Waals surface area contributed by atoms with Gasteiger partial charge in [0, 0.05) is 19.3 Å². The molecule has 0 aliphatic carbocycles. The van der Waals surface area contributed by atoms with Gasteiger partial charge in [-0.15, -0.1) is 0 Å². The number of carboxylic acid groups (broad SMARTS) is 1. The van der Waals surface area contributed by atoms with Gasteiger partial charge in [0.25, 0.3) is 0 Å². The second-order valence-electron chi connectivity index (χ2n) is 6.66. The number of nitrogens with zero attached hydrogens (tertiary/aromatic N) is 2. The van der Waals surface area contributed by atoms with E-state index in [1.165, 1.54) is 6.42 Å². The van der Waals surface area contributed by atoms with Gasteiger partial charge in [-0.1, -0.05) is 20.8 Å². The number of aromatic carboxylic acids is 1. The monoisotopic (exact) mass is 276 g/mol. The van der Waals surface area contributed by atoms with Gasteiger partial charge in [-0.2, -0.15) is 0 Å². The highest BCUT2D eigenvalue weighted by atomic mass is 16.4. The predicted octanol–water partition coefficient (Wildman–Crippen LogP) is 3.43. The van der Waals surface area contributed by atoms with Gasteiger partial charge in [-0.3, -0.25) is 0 Å². The maximum absolute atomic E-state index is 11.3. The summed E-state index contributed by atoms with van der Waals surface area (Å²) in [6.45, 7) is 8.70. The molecule has 0 aromatic carbocycles. The lowest BCUT2D eigenvalue weighted by Crippen LogP contribution is -2.27. The summed E-state index contributed by atoms with van der Waals surface area (Å²) in [5.41, 5.74) is 1.25. The standard InChI is InChI=1S/C16H24N2O2/c1-16(2,3)12-6-5-10-18(11-8-12)13-7-4-9-17-14(13)15(19)20/h4,7,9,12H,5-6,8,10-11H2,1-3H3,(H,19,20). The quantitative estimate of drug-likeness (QED) is 0.899. The van der Waals surface area contributed by atoms with Crippen LogP contribution in [0, 0.1) is 11.3 Å². The molecule has 1 aliphatic heterocycles. The first kappa shape index (κ1) is 14.8. The van der Waals surface area contributed by atoms with Gasteiger partial charge in [0.15, 0.2) is 5.69 Å². The highest BCUT2D eigenvalue weighted by Crippen LogP contribution is 2.35. The second-order valence-corrected chi connectivity index (χ2v) is 6.66. The summed E-state index contributed by atoms with van der Waals surface area (Å²) in [5.74, 6) is -0.255. The number of carbonyl (C=O) groups is 1. The fraction of sp³-hybridized carbons (Fsp3) is 0.625. The Balaban J connectivity index is 2.17. The molecule has 1 unspecified atom stereocenters.